The lowest BCUT2D eigenvalue weighted by atomic mass is 9.80. The Labute approximate surface area is 112 Å². The number of benzene rings is 1. The first-order chi connectivity index (χ1) is 8.40. The Bertz CT molecular complexity index is 426. The average molecular weight is 245 g/mol. The van der Waals surface area contributed by atoms with Crippen LogP contribution in [-0.2, 0) is 19.3 Å². The van der Waals surface area contributed by atoms with Crippen LogP contribution >= 0.6 is 0 Å². The molecule has 1 aromatic rings. The van der Waals surface area contributed by atoms with E-state index in [1.807, 2.05) is 0 Å². The number of rotatable bonds is 2. The predicted octanol–water partition coefficient (Wildman–Crippen LogP) is 4.17. The van der Waals surface area contributed by atoms with Crippen molar-refractivity contribution in [2.75, 3.05) is 0 Å². The minimum Gasteiger partial charge on any atom is -0.324 e. The van der Waals surface area contributed by atoms with Gasteiger partial charge in [0.1, 0.15) is 0 Å². The number of nitrogens with two attached hydrogens (primary N) is 1. The maximum Gasteiger partial charge on any atom is 0.0297 e. The molecule has 0 amide bonds. The maximum atomic E-state index is 6.30. The van der Waals surface area contributed by atoms with Crippen LogP contribution in [0.25, 0.3) is 0 Å². The Morgan fingerprint density at radius 2 is 2.00 bits per heavy atom. The van der Waals surface area contributed by atoms with Crippen LogP contribution in [0, 0.1) is 5.41 Å². The van der Waals surface area contributed by atoms with Gasteiger partial charge >= 0.3 is 0 Å². The van der Waals surface area contributed by atoms with Gasteiger partial charge in [-0.25, -0.2) is 0 Å². The van der Waals surface area contributed by atoms with E-state index >= 15 is 0 Å². The molecule has 0 saturated heterocycles. The monoisotopic (exact) mass is 245 g/mol. The fourth-order valence-corrected chi connectivity index (χ4v) is 3.14. The van der Waals surface area contributed by atoms with Crippen molar-refractivity contribution in [3.05, 3.63) is 34.4 Å². The Hall–Kier alpha value is -0.820. The van der Waals surface area contributed by atoms with Crippen molar-refractivity contribution < 1.29 is 0 Å². The summed E-state index contributed by atoms with van der Waals surface area (Å²) in [5.41, 5.74) is 12.6. The average Bonchev–Trinajstić information content (AvgIpc) is 2.27. The summed E-state index contributed by atoms with van der Waals surface area (Å²) in [6, 6.07) is 5.06. The molecule has 0 bridgehead atoms. The fourth-order valence-electron chi connectivity index (χ4n) is 3.14. The predicted molar refractivity (Wildman–Crippen MR) is 78.8 cm³/mol. The van der Waals surface area contributed by atoms with Gasteiger partial charge in [-0.15, -0.1) is 0 Å². The molecule has 1 nitrogen and oxygen atoms in total. The van der Waals surface area contributed by atoms with Crippen LogP contribution in [0.3, 0.4) is 0 Å². The van der Waals surface area contributed by atoms with E-state index in [2.05, 4.69) is 39.8 Å². The van der Waals surface area contributed by atoms with Crippen molar-refractivity contribution in [3.8, 4) is 0 Å². The zero-order valence-electron chi connectivity index (χ0n) is 12.3. The maximum absolute atomic E-state index is 6.30. The second-order valence-corrected chi connectivity index (χ2v) is 6.91. The molecule has 100 valence electrons. The van der Waals surface area contributed by atoms with E-state index in [0.29, 0.717) is 5.41 Å². The molecule has 0 aromatic heterocycles. The summed E-state index contributed by atoms with van der Waals surface area (Å²) >= 11 is 0. The van der Waals surface area contributed by atoms with Crippen LogP contribution < -0.4 is 5.73 Å². The van der Waals surface area contributed by atoms with Crippen molar-refractivity contribution >= 4 is 0 Å². The van der Waals surface area contributed by atoms with Gasteiger partial charge in [0.15, 0.2) is 0 Å². The molecule has 1 aliphatic rings. The standard InChI is InChI=1S/C17H27N/c1-5-13-9-12(11-17(2,3)4)10-15-14(13)7-6-8-16(15)18/h9-10,16H,5-8,11,18H2,1-4H3/t16-/m0/s1. The number of fused-ring (bicyclic) bond motifs is 1. The van der Waals surface area contributed by atoms with Crippen LogP contribution in [0.2, 0.25) is 0 Å². The molecule has 0 spiro atoms. The molecule has 1 aliphatic carbocycles. The highest BCUT2D eigenvalue weighted by molar-refractivity contribution is 5.42. The SMILES string of the molecule is CCc1cc(CC(C)(C)C)cc2c1CCC[C@@H]2N. The Morgan fingerprint density at radius 1 is 1.28 bits per heavy atom. The molecule has 1 aromatic carbocycles. The molecule has 0 saturated carbocycles. The summed E-state index contributed by atoms with van der Waals surface area (Å²) in [5, 5.41) is 0. The van der Waals surface area contributed by atoms with Crippen molar-refractivity contribution in [2.24, 2.45) is 11.1 Å². The highest BCUT2D eigenvalue weighted by atomic mass is 14.6. The first kappa shape index (κ1) is 13.6. The summed E-state index contributed by atoms with van der Waals surface area (Å²) in [6.45, 7) is 9.17. The van der Waals surface area contributed by atoms with Gasteiger partial charge in [0, 0.05) is 6.04 Å². The topological polar surface area (TPSA) is 26.0 Å². The Kier molecular flexibility index (Phi) is 3.82. The summed E-state index contributed by atoms with van der Waals surface area (Å²) < 4.78 is 0. The minimum atomic E-state index is 0.263. The molecular formula is C17H27N. The fraction of sp³-hybridized carbons (Fsp3) is 0.647. The lowest BCUT2D eigenvalue weighted by Crippen LogP contribution is -2.20. The van der Waals surface area contributed by atoms with E-state index in [1.54, 1.807) is 5.56 Å². The van der Waals surface area contributed by atoms with Gasteiger partial charge in [0.25, 0.3) is 0 Å². The first-order valence-corrected chi connectivity index (χ1v) is 7.31. The van der Waals surface area contributed by atoms with Crippen molar-refractivity contribution in [1.82, 2.24) is 0 Å². The van der Waals surface area contributed by atoms with Crippen molar-refractivity contribution in [1.29, 1.82) is 0 Å². The first-order valence-electron chi connectivity index (χ1n) is 7.31. The van der Waals surface area contributed by atoms with E-state index in [9.17, 15) is 0 Å². The van der Waals surface area contributed by atoms with Crippen LogP contribution in [0.15, 0.2) is 12.1 Å². The molecule has 2 rings (SSSR count). The van der Waals surface area contributed by atoms with Gasteiger partial charge in [-0.1, -0.05) is 39.8 Å². The molecule has 18 heavy (non-hydrogen) atoms. The van der Waals surface area contributed by atoms with Crippen molar-refractivity contribution in [3.63, 3.8) is 0 Å². The lowest BCUT2D eigenvalue weighted by molar-refractivity contribution is 0.410. The summed E-state index contributed by atoms with van der Waals surface area (Å²) in [5.74, 6) is 0. The van der Waals surface area contributed by atoms with Crippen LogP contribution in [-0.4, -0.2) is 0 Å². The van der Waals surface area contributed by atoms with Gasteiger partial charge in [0.2, 0.25) is 0 Å². The molecule has 1 heteroatoms. The van der Waals surface area contributed by atoms with Crippen molar-refractivity contribution in [2.45, 2.75) is 65.8 Å². The van der Waals surface area contributed by atoms with Gasteiger partial charge in [-0.2, -0.15) is 0 Å². The lowest BCUT2D eigenvalue weighted by Gasteiger charge is -2.27. The number of aryl methyl sites for hydroxylation is 1. The minimum absolute atomic E-state index is 0.263. The van der Waals surface area contributed by atoms with E-state index in [0.717, 1.165) is 19.3 Å². The Morgan fingerprint density at radius 3 is 2.61 bits per heavy atom. The third kappa shape index (κ3) is 2.95. The van der Waals surface area contributed by atoms with Gasteiger partial charge in [0.05, 0.1) is 0 Å². The Balaban J connectivity index is 2.42. The normalized spacial score (nSPS) is 19.7. The number of hydrogen-bond acceptors (Lipinski definition) is 1. The van der Waals surface area contributed by atoms with E-state index in [4.69, 9.17) is 5.73 Å². The van der Waals surface area contributed by atoms with Gasteiger partial charge < -0.3 is 5.73 Å². The third-order valence-electron chi connectivity index (χ3n) is 3.89. The second-order valence-electron chi connectivity index (χ2n) is 6.91. The summed E-state index contributed by atoms with van der Waals surface area (Å²) in [7, 11) is 0. The molecule has 0 unspecified atom stereocenters. The van der Waals surface area contributed by atoms with Gasteiger partial charge in [-0.05, 0) is 59.8 Å². The quantitative estimate of drug-likeness (QED) is 0.831. The molecule has 1 atom stereocenters. The third-order valence-corrected chi connectivity index (χ3v) is 3.89. The summed E-state index contributed by atoms with van der Waals surface area (Å²) in [4.78, 5) is 0. The van der Waals surface area contributed by atoms with Crippen LogP contribution in [0.1, 0.15) is 68.8 Å². The number of hydrogen-bond donors (Lipinski definition) is 1. The van der Waals surface area contributed by atoms with E-state index < -0.39 is 0 Å². The largest absolute Gasteiger partial charge is 0.324 e. The molecule has 0 aliphatic heterocycles. The van der Waals surface area contributed by atoms with E-state index in [-0.39, 0.29) is 6.04 Å². The zero-order valence-corrected chi connectivity index (χ0v) is 12.3. The molecular weight excluding hydrogens is 218 g/mol. The van der Waals surface area contributed by atoms with Crippen LogP contribution in [0.5, 0.6) is 0 Å². The molecule has 0 radical (unpaired) electrons. The summed E-state index contributed by atoms with van der Waals surface area (Å²) in [6.07, 6.45) is 5.89. The second kappa shape index (κ2) is 5.05. The molecule has 0 heterocycles. The van der Waals surface area contributed by atoms with Crippen LogP contribution in [0.4, 0.5) is 0 Å². The zero-order chi connectivity index (χ0) is 13.3. The van der Waals surface area contributed by atoms with Gasteiger partial charge in [-0.3, -0.25) is 0 Å². The highest BCUT2D eigenvalue weighted by Gasteiger charge is 2.21. The molecule has 2 N–H and O–H groups in total. The smallest absolute Gasteiger partial charge is 0.0297 e. The van der Waals surface area contributed by atoms with E-state index in [1.165, 1.54) is 29.5 Å². The highest BCUT2D eigenvalue weighted by Crippen LogP contribution is 2.33. The molecule has 0 fully saturated rings.